The largest absolute Gasteiger partial charge is 0.394 e. The van der Waals surface area contributed by atoms with Gasteiger partial charge in [-0.2, -0.15) is 5.10 Å². The summed E-state index contributed by atoms with van der Waals surface area (Å²) < 4.78 is 2.70. The zero-order chi connectivity index (χ0) is 14.0. The summed E-state index contributed by atoms with van der Waals surface area (Å²) in [5.74, 6) is 0.808. The number of nitrogen functional groups attached to an aromatic ring is 1. The highest BCUT2D eigenvalue weighted by atomic mass is 79.9. The Kier molecular flexibility index (Phi) is 4.37. The van der Waals surface area contributed by atoms with E-state index in [0.717, 1.165) is 34.6 Å². The standard InChI is InChI=1S/C13H16BrClN4/c1-3-7-19-13(12(16)8(2)18-19)17-10-6-4-5-9(15)11(10)14/h4-6,17H,3,7,16H2,1-2H3. The lowest BCUT2D eigenvalue weighted by Gasteiger charge is -2.12. The van der Waals surface area contributed by atoms with E-state index in [-0.39, 0.29) is 0 Å². The maximum Gasteiger partial charge on any atom is 0.152 e. The molecule has 1 aromatic heterocycles. The number of nitrogens with zero attached hydrogens (tertiary/aromatic N) is 2. The lowest BCUT2D eigenvalue weighted by Crippen LogP contribution is -2.06. The zero-order valence-electron chi connectivity index (χ0n) is 10.9. The second-order valence-electron chi connectivity index (χ2n) is 4.30. The van der Waals surface area contributed by atoms with Crippen LogP contribution in [0.2, 0.25) is 5.02 Å². The third-order valence-electron chi connectivity index (χ3n) is 2.81. The molecular formula is C13H16BrClN4. The predicted octanol–water partition coefficient (Wildman–Crippen LogP) is 4.34. The number of anilines is 3. The van der Waals surface area contributed by atoms with Gasteiger partial charge in [-0.1, -0.05) is 24.6 Å². The Bertz CT molecular complexity index is 595. The summed E-state index contributed by atoms with van der Waals surface area (Å²) in [6.45, 7) is 4.82. The number of rotatable bonds is 4. The first-order chi connectivity index (χ1) is 9.04. The van der Waals surface area contributed by atoms with Crippen LogP contribution in [0.4, 0.5) is 17.2 Å². The molecule has 19 heavy (non-hydrogen) atoms. The van der Waals surface area contributed by atoms with Gasteiger partial charge in [-0.05, 0) is 41.4 Å². The summed E-state index contributed by atoms with van der Waals surface area (Å²) >= 11 is 9.55. The van der Waals surface area contributed by atoms with Gasteiger partial charge in [0.25, 0.3) is 0 Å². The molecule has 0 fully saturated rings. The van der Waals surface area contributed by atoms with Crippen molar-refractivity contribution < 1.29 is 0 Å². The Morgan fingerprint density at radius 3 is 2.89 bits per heavy atom. The molecule has 0 aliphatic rings. The Hall–Kier alpha value is -1.20. The Labute approximate surface area is 126 Å². The molecule has 0 saturated carbocycles. The fourth-order valence-electron chi connectivity index (χ4n) is 1.83. The molecule has 4 nitrogen and oxygen atoms in total. The lowest BCUT2D eigenvalue weighted by atomic mass is 10.3. The molecule has 0 bridgehead atoms. The van der Waals surface area contributed by atoms with Crippen LogP contribution >= 0.6 is 27.5 Å². The first kappa shape index (κ1) is 14.2. The number of hydrogen-bond acceptors (Lipinski definition) is 3. The van der Waals surface area contributed by atoms with Gasteiger partial charge in [0.1, 0.15) is 0 Å². The van der Waals surface area contributed by atoms with E-state index in [2.05, 4.69) is 33.3 Å². The van der Waals surface area contributed by atoms with Crippen molar-refractivity contribution in [1.29, 1.82) is 0 Å². The van der Waals surface area contributed by atoms with Gasteiger partial charge in [-0.25, -0.2) is 4.68 Å². The van der Waals surface area contributed by atoms with Crippen LogP contribution in [0.25, 0.3) is 0 Å². The van der Waals surface area contributed by atoms with Crippen LogP contribution in [0.1, 0.15) is 19.0 Å². The Balaban J connectivity index is 2.40. The average molecular weight is 344 g/mol. The quantitative estimate of drug-likeness (QED) is 0.868. The van der Waals surface area contributed by atoms with E-state index in [1.165, 1.54) is 0 Å². The maximum atomic E-state index is 6.09. The summed E-state index contributed by atoms with van der Waals surface area (Å²) in [5.41, 5.74) is 8.44. The number of halogens is 2. The number of aromatic nitrogens is 2. The molecule has 102 valence electrons. The highest BCUT2D eigenvalue weighted by molar-refractivity contribution is 9.10. The first-order valence-electron chi connectivity index (χ1n) is 6.08. The third kappa shape index (κ3) is 2.87. The van der Waals surface area contributed by atoms with Crippen LogP contribution in [0.3, 0.4) is 0 Å². The normalized spacial score (nSPS) is 10.7. The first-order valence-corrected chi connectivity index (χ1v) is 7.25. The monoisotopic (exact) mass is 342 g/mol. The number of benzene rings is 1. The molecule has 0 atom stereocenters. The molecule has 0 amide bonds. The minimum Gasteiger partial charge on any atom is -0.394 e. The van der Waals surface area contributed by atoms with Crippen molar-refractivity contribution in [2.75, 3.05) is 11.1 Å². The molecule has 0 aliphatic heterocycles. The van der Waals surface area contributed by atoms with Crippen molar-refractivity contribution in [2.45, 2.75) is 26.8 Å². The van der Waals surface area contributed by atoms with Gasteiger partial charge in [-0.15, -0.1) is 0 Å². The van der Waals surface area contributed by atoms with E-state index in [4.69, 9.17) is 17.3 Å². The number of aryl methyl sites for hydroxylation is 2. The second-order valence-corrected chi connectivity index (χ2v) is 5.50. The van der Waals surface area contributed by atoms with Crippen molar-refractivity contribution in [1.82, 2.24) is 9.78 Å². The molecule has 6 heteroatoms. The summed E-state index contributed by atoms with van der Waals surface area (Å²) in [4.78, 5) is 0. The molecule has 1 aromatic carbocycles. The summed E-state index contributed by atoms with van der Waals surface area (Å²) in [7, 11) is 0. The molecule has 0 saturated heterocycles. The minimum atomic E-state index is 0.654. The molecule has 2 rings (SSSR count). The van der Waals surface area contributed by atoms with Crippen molar-refractivity contribution in [3.8, 4) is 0 Å². The lowest BCUT2D eigenvalue weighted by molar-refractivity contribution is 0.605. The summed E-state index contributed by atoms with van der Waals surface area (Å²) in [6.07, 6.45) is 0.992. The van der Waals surface area contributed by atoms with Gasteiger partial charge in [0.2, 0.25) is 0 Å². The number of nitrogens with two attached hydrogens (primary N) is 1. The Morgan fingerprint density at radius 2 is 2.21 bits per heavy atom. The molecule has 2 aromatic rings. The number of hydrogen-bond donors (Lipinski definition) is 2. The molecule has 3 N–H and O–H groups in total. The van der Waals surface area contributed by atoms with Crippen molar-refractivity contribution in [3.63, 3.8) is 0 Å². The van der Waals surface area contributed by atoms with E-state index in [0.29, 0.717) is 10.7 Å². The fraction of sp³-hybridized carbons (Fsp3) is 0.308. The van der Waals surface area contributed by atoms with Gasteiger partial charge < -0.3 is 11.1 Å². The Morgan fingerprint density at radius 1 is 1.47 bits per heavy atom. The van der Waals surface area contributed by atoms with E-state index in [9.17, 15) is 0 Å². The molecule has 1 heterocycles. The second kappa shape index (κ2) is 5.84. The molecule has 0 aliphatic carbocycles. The predicted molar refractivity (Wildman–Crippen MR) is 84.1 cm³/mol. The molecule has 0 spiro atoms. The van der Waals surface area contributed by atoms with Gasteiger partial charge >= 0.3 is 0 Å². The molecule has 0 unspecified atom stereocenters. The van der Waals surface area contributed by atoms with Gasteiger partial charge in [0.15, 0.2) is 5.82 Å². The van der Waals surface area contributed by atoms with Crippen molar-refractivity contribution in [2.24, 2.45) is 0 Å². The van der Waals surface area contributed by atoms with E-state index in [1.54, 1.807) is 0 Å². The van der Waals surface area contributed by atoms with Crippen LogP contribution in [-0.4, -0.2) is 9.78 Å². The third-order valence-corrected chi connectivity index (χ3v) is 4.21. The van der Waals surface area contributed by atoms with Crippen LogP contribution in [0.5, 0.6) is 0 Å². The van der Waals surface area contributed by atoms with Gasteiger partial charge in [0, 0.05) is 6.54 Å². The smallest absolute Gasteiger partial charge is 0.152 e. The average Bonchev–Trinajstić information content (AvgIpc) is 2.63. The highest BCUT2D eigenvalue weighted by Gasteiger charge is 2.14. The maximum absolute atomic E-state index is 6.09. The topological polar surface area (TPSA) is 55.9 Å². The van der Waals surface area contributed by atoms with Crippen LogP contribution in [0.15, 0.2) is 22.7 Å². The molecule has 0 radical (unpaired) electrons. The van der Waals surface area contributed by atoms with E-state index >= 15 is 0 Å². The van der Waals surface area contributed by atoms with E-state index in [1.807, 2.05) is 29.8 Å². The van der Waals surface area contributed by atoms with Crippen molar-refractivity contribution >= 4 is 44.7 Å². The fourth-order valence-corrected chi connectivity index (χ4v) is 2.37. The van der Waals surface area contributed by atoms with E-state index < -0.39 is 0 Å². The minimum absolute atomic E-state index is 0.654. The van der Waals surface area contributed by atoms with Crippen molar-refractivity contribution in [3.05, 3.63) is 33.4 Å². The zero-order valence-corrected chi connectivity index (χ0v) is 13.2. The van der Waals surface area contributed by atoms with Crippen LogP contribution < -0.4 is 11.1 Å². The number of nitrogens with one attached hydrogen (secondary N) is 1. The summed E-state index contributed by atoms with van der Waals surface area (Å²) in [6, 6.07) is 5.65. The van der Waals surface area contributed by atoms with Gasteiger partial charge in [0.05, 0.1) is 26.6 Å². The van der Waals surface area contributed by atoms with Crippen LogP contribution in [-0.2, 0) is 6.54 Å². The SMILES string of the molecule is CCCn1nc(C)c(N)c1Nc1cccc(Cl)c1Br. The summed E-state index contributed by atoms with van der Waals surface area (Å²) in [5, 5.41) is 8.38. The van der Waals surface area contributed by atoms with Crippen LogP contribution in [0, 0.1) is 6.92 Å². The highest BCUT2D eigenvalue weighted by Crippen LogP contribution is 2.34. The molecular weight excluding hydrogens is 328 g/mol. The van der Waals surface area contributed by atoms with Gasteiger partial charge in [-0.3, -0.25) is 0 Å².